The summed E-state index contributed by atoms with van der Waals surface area (Å²) in [5.74, 6) is 0.818. The predicted molar refractivity (Wildman–Crippen MR) is 109 cm³/mol. The van der Waals surface area contributed by atoms with Crippen LogP contribution in [0.5, 0.6) is 0 Å². The molecule has 27 heavy (non-hydrogen) atoms. The van der Waals surface area contributed by atoms with Crippen LogP contribution >= 0.6 is 0 Å². The number of carbonyl (C=O) groups excluding carboxylic acids is 2. The van der Waals surface area contributed by atoms with Gasteiger partial charge in [-0.15, -0.1) is 0 Å². The average molecular weight is 372 g/mol. The smallest absolute Gasteiger partial charge is 0.269 e. The van der Waals surface area contributed by atoms with Gasteiger partial charge in [0.1, 0.15) is 5.69 Å². The van der Waals surface area contributed by atoms with E-state index in [0.717, 1.165) is 49.1 Å². The second kappa shape index (κ2) is 9.67. The highest BCUT2D eigenvalue weighted by atomic mass is 16.2. The molecule has 0 spiro atoms. The van der Waals surface area contributed by atoms with Gasteiger partial charge in [0, 0.05) is 31.9 Å². The van der Waals surface area contributed by atoms with Gasteiger partial charge < -0.3 is 10.2 Å². The summed E-state index contributed by atoms with van der Waals surface area (Å²) in [7, 11) is 0. The maximum atomic E-state index is 12.5. The van der Waals surface area contributed by atoms with Crippen molar-refractivity contribution in [1.82, 2.24) is 15.2 Å². The first-order valence-electron chi connectivity index (χ1n) is 9.96. The van der Waals surface area contributed by atoms with Crippen molar-refractivity contribution in [3.05, 3.63) is 40.7 Å². The number of nitrogens with zero attached hydrogens (tertiary/aromatic N) is 2. The normalized spacial score (nSPS) is 17.9. The zero-order chi connectivity index (χ0) is 20.0. The zero-order valence-corrected chi connectivity index (χ0v) is 17.3. The first-order valence-corrected chi connectivity index (χ1v) is 9.96. The highest BCUT2D eigenvalue weighted by Gasteiger charge is 2.23. The fourth-order valence-corrected chi connectivity index (χ4v) is 3.18. The lowest BCUT2D eigenvalue weighted by atomic mass is 9.94. The second-order valence-electron chi connectivity index (χ2n) is 8.03. The molecule has 2 rings (SSSR count). The molecular formula is C22H33N3O2. The molecule has 1 N–H and O–H groups in total. The molecular weight excluding hydrogens is 338 g/mol. The number of nitrogens with one attached hydrogen (secondary N) is 1. The number of likely N-dealkylation sites (tertiary alicyclic amines) is 1. The van der Waals surface area contributed by atoms with Crippen LogP contribution in [-0.2, 0) is 4.79 Å². The first kappa shape index (κ1) is 21.1. The lowest BCUT2D eigenvalue weighted by molar-refractivity contribution is -0.127. The highest BCUT2D eigenvalue weighted by Crippen LogP contribution is 2.20. The van der Waals surface area contributed by atoms with E-state index in [1.54, 1.807) is 12.3 Å². The fraction of sp³-hybridized carbons (Fsp3) is 0.591. The van der Waals surface area contributed by atoms with Crippen molar-refractivity contribution in [3.8, 4) is 0 Å². The maximum Gasteiger partial charge on any atom is 0.269 e. The number of rotatable bonds is 6. The monoisotopic (exact) mass is 371 g/mol. The Morgan fingerprint density at radius 3 is 2.74 bits per heavy atom. The third-order valence-electron chi connectivity index (χ3n) is 5.54. The quantitative estimate of drug-likeness (QED) is 0.776. The fourth-order valence-electron chi connectivity index (χ4n) is 3.18. The van der Waals surface area contributed by atoms with Crippen LogP contribution in [0.4, 0.5) is 0 Å². The van der Waals surface area contributed by atoms with Crippen molar-refractivity contribution < 1.29 is 9.59 Å². The standard InChI is InChI=1S/C22H33N3O2/c1-15(2)16(3)12-21(26)25-10-6-7-19(14-25)8-9-23-22(27)20-11-17(4)18(5)13-24-20/h11-13,15,19H,6-10,14H2,1-5H3,(H,23,27)/b16-12+. The minimum atomic E-state index is -0.127. The Kier molecular flexibility index (Phi) is 7.57. The van der Waals surface area contributed by atoms with Crippen LogP contribution in [0.2, 0.25) is 0 Å². The van der Waals surface area contributed by atoms with E-state index in [2.05, 4.69) is 24.1 Å². The molecule has 5 nitrogen and oxygen atoms in total. The molecule has 1 atom stereocenters. The molecule has 1 saturated heterocycles. The van der Waals surface area contributed by atoms with Gasteiger partial charge in [-0.05, 0) is 69.1 Å². The van der Waals surface area contributed by atoms with Crippen LogP contribution < -0.4 is 5.32 Å². The second-order valence-corrected chi connectivity index (χ2v) is 8.03. The average Bonchev–Trinajstić information content (AvgIpc) is 2.64. The van der Waals surface area contributed by atoms with E-state index in [1.807, 2.05) is 31.7 Å². The van der Waals surface area contributed by atoms with E-state index in [1.165, 1.54) is 0 Å². The summed E-state index contributed by atoms with van der Waals surface area (Å²) in [6.07, 6.45) is 6.53. The van der Waals surface area contributed by atoms with Crippen molar-refractivity contribution in [1.29, 1.82) is 0 Å². The number of amides is 2. The third kappa shape index (κ3) is 6.19. The van der Waals surface area contributed by atoms with Crippen LogP contribution in [0, 0.1) is 25.7 Å². The van der Waals surface area contributed by atoms with Gasteiger partial charge in [0.25, 0.3) is 5.91 Å². The van der Waals surface area contributed by atoms with Gasteiger partial charge in [-0.1, -0.05) is 19.4 Å². The summed E-state index contributed by atoms with van der Waals surface area (Å²) >= 11 is 0. The number of hydrogen-bond acceptors (Lipinski definition) is 3. The summed E-state index contributed by atoms with van der Waals surface area (Å²) in [6, 6.07) is 1.83. The maximum absolute atomic E-state index is 12.5. The van der Waals surface area contributed by atoms with E-state index in [9.17, 15) is 9.59 Å². The van der Waals surface area contributed by atoms with Gasteiger partial charge in [0.05, 0.1) is 0 Å². The van der Waals surface area contributed by atoms with E-state index in [-0.39, 0.29) is 11.8 Å². The Labute approximate surface area is 163 Å². The molecule has 148 valence electrons. The summed E-state index contributed by atoms with van der Waals surface area (Å²) in [5.41, 5.74) is 3.74. The van der Waals surface area contributed by atoms with Gasteiger partial charge in [-0.3, -0.25) is 14.6 Å². The Morgan fingerprint density at radius 2 is 2.07 bits per heavy atom. The minimum absolute atomic E-state index is 0.120. The lowest BCUT2D eigenvalue weighted by Gasteiger charge is -2.32. The third-order valence-corrected chi connectivity index (χ3v) is 5.54. The Bertz CT molecular complexity index is 710. The molecule has 1 aliphatic rings. The zero-order valence-electron chi connectivity index (χ0n) is 17.3. The molecule has 0 aromatic carbocycles. The van der Waals surface area contributed by atoms with Gasteiger partial charge in [0.15, 0.2) is 0 Å². The van der Waals surface area contributed by atoms with Crippen LogP contribution in [0.25, 0.3) is 0 Å². The van der Waals surface area contributed by atoms with Crippen molar-refractivity contribution in [2.75, 3.05) is 19.6 Å². The molecule has 1 unspecified atom stereocenters. The number of aromatic nitrogens is 1. The largest absolute Gasteiger partial charge is 0.351 e. The molecule has 1 fully saturated rings. The van der Waals surface area contributed by atoms with Crippen molar-refractivity contribution in [2.24, 2.45) is 11.8 Å². The number of hydrogen-bond donors (Lipinski definition) is 1. The molecule has 2 heterocycles. The van der Waals surface area contributed by atoms with E-state index in [0.29, 0.717) is 24.1 Å². The van der Waals surface area contributed by atoms with Crippen LogP contribution in [0.1, 0.15) is 61.6 Å². The predicted octanol–water partition coefficient (Wildman–Crippen LogP) is 3.66. The first-order chi connectivity index (χ1) is 12.8. The molecule has 2 amide bonds. The van der Waals surface area contributed by atoms with E-state index < -0.39 is 0 Å². The van der Waals surface area contributed by atoms with E-state index >= 15 is 0 Å². The molecule has 0 saturated carbocycles. The number of aryl methyl sites for hydroxylation is 2. The Hall–Kier alpha value is -2.17. The summed E-state index contributed by atoms with van der Waals surface area (Å²) in [5, 5.41) is 2.97. The van der Waals surface area contributed by atoms with Crippen molar-refractivity contribution >= 4 is 11.8 Å². The molecule has 1 aliphatic heterocycles. The lowest BCUT2D eigenvalue weighted by Crippen LogP contribution is -2.40. The molecule has 0 bridgehead atoms. The van der Waals surface area contributed by atoms with Gasteiger partial charge in [-0.2, -0.15) is 0 Å². The van der Waals surface area contributed by atoms with Gasteiger partial charge in [-0.25, -0.2) is 0 Å². The molecule has 0 aliphatic carbocycles. The molecule has 1 aromatic heterocycles. The summed E-state index contributed by atoms with van der Waals surface area (Å²) < 4.78 is 0. The molecule has 5 heteroatoms. The summed E-state index contributed by atoms with van der Waals surface area (Å²) in [6.45, 7) is 12.4. The molecule has 0 radical (unpaired) electrons. The topological polar surface area (TPSA) is 62.3 Å². The SMILES string of the molecule is C/C(=C\C(=O)N1CCCC(CCNC(=O)c2cc(C)c(C)cn2)C1)C(C)C. The summed E-state index contributed by atoms with van der Waals surface area (Å²) in [4.78, 5) is 30.9. The van der Waals surface area contributed by atoms with Gasteiger partial charge >= 0.3 is 0 Å². The van der Waals surface area contributed by atoms with Crippen LogP contribution in [-0.4, -0.2) is 41.3 Å². The Morgan fingerprint density at radius 1 is 1.33 bits per heavy atom. The number of carbonyl (C=O) groups is 2. The number of piperidine rings is 1. The van der Waals surface area contributed by atoms with Crippen LogP contribution in [0.3, 0.4) is 0 Å². The number of pyridine rings is 1. The van der Waals surface area contributed by atoms with Crippen molar-refractivity contribution in [2.45, 2.75) is 53.9 Å². The van der Waals surface area contributed by atoms with Gasteiger partial charge in [0.2, 0.25) is 5.91 Å². The van der Waals surface area contributed by atoms with Crippen molar-refractivity contribution in [3.63, 3.8) is 0 Å². The van der Waals surface area contributed by atoms with Crippen LogP contribution in [0.15, 0.2) is 23.9 Å². The highest BCUT2D eigenvalue weighted by molar-refractivity contribution is 5.92. The Balaban J connectivity index is 1.82. The van der Waals surface area contributed by atoms with E-state index in [4.69, 9.17) is 0 Å². The molecule has 1 aromatic rings. The minimum Gasteiger partial charge on any atom is -0.351 e. The number of allylic oxidation sites excluding steroid dienone is 1.